The molecule has 0 radical (unpaired) electrons. The number of anilines is 1. The van der Waals surface area contributed by atoms with E-state index in [9.17, 15) is 4.79 Å². The van der Waals surface area contributed by atoms with E-state index in [4.69, 9.17) is 11.5 Å². The van der Waals surface area contributed by atoms with Crippen molar-refractivity contribution in [3.8, 4) is 0 Å². The van der Waals surface area contributed by atoms with Crippen LogP contribution in [0.2, 0.25) is 0 Å². The highest BCUT2D eigenvalue weighted by atomic mass is 16.1. The second-order valence-electron chi connectivity index (χ2n) is 4.75. The standard InChI is InChI=1S/C12H19N3O/c1-12(2,14)6-5-10(16)8-9-4-3-7-15-11(9)13/h3-4,7H,5-6,8,14H2,1-2H3,(H2,13,15). The van der Waals surface area contributed by atoms with Gasteiger partial charge in [-0.2, -0.15) is 0 Å². The molecule has 16 heavy (non-hydrogen) atoms. The van der Waals surface area contributed by atoms with Crippen LogP contribution in [0.15, 0.2) is 18.3 Å². The molecular formula is C12H19N3O. The molecule has 4 nitrogen and oxygen atoms in total. The molecule has 0 saturated carbocycles. The minimum absolute atomic E-state index is 0.151. The summed E-state index contributed by atoms with van der Waals surface area (Å²) in [6, 6.07) is 3.61. The van der Waals surface area contributed by atoms with Crippen LogP contribution >= 0.6 is 0 Å². The summed E-state index contributed by atoms with van der Waals surface area (Å²) in [4.78, 5) is 15.6. The lowest BCUT2D eigenvalue weighted by atomic mass is 9.96. The van der Waals surface area contributed by atoms with Crippen molar-refractivity contribution >= 4 is 11.6 Å². The fourth-order valence-corrected chi connectivity index (χ4v) is 1.36. The number of nitrogens with two attached hydrogens (primary N) is 2. The maximum atomic E-state index is 11.7. The minimum Gasteiger partial charge on any atom is -0.383 e. The lowest BCUT2D eigenvalue weighted by Crippen LogP contribution is -2.32. The molecule has 0 aliphatic heterocycles. The van der Waals surface area contributed by atoms with Crippen molar-refractivity contribution in [1.82, 2.24) is 4.98 Å². The topological polar surface area (TPSA) is 82.0 Å². The zero-order valence-corrected chi connectivity index (χ0v) is 9.86. The first kappa shape index (κ1) is 12.6. The van der Waals surface area contributed by atoms with Crippen molar-refractivity contribution in [2.75, 3.05) is 5.73 Å². The van der Waals surface area contributed by atoms with Crippen LogP contribution < -0.4 is 11.5 Å². The number of ketones is 1. The molecule has 1 aromatic rings. The molecule has 1 rings (SSSR count). The summed E-state index contributed by atoms with van der Waals surface area (Å²) in [5, 5.41) is 0. The van der Waals surface area contributed by atoms with E-state index in [-0.39, 0.29) is 11.3 Å². The number of rotatable bonds is 5. The van der Waals surface area contributed by atoms with Crippen molar-refractivity contribution in [3.63, 3.8) is 0 Å². The fourth-order valence-electron chi connectivity index (χ4n) is 1.36. The second kappa shape index (κ2) is 5.07. The van der Waals surface area contributed by atoms with E-state index >= 15 is 0 Å². The minimum atomic E-state index is -0.295. The third-order valence-corrected chi connectivity index (χ3v) is 2.36. The highest BCUT2D eigenvalue weighted by molar-refractivity contribution is 5.82. The van der Waals surface area contributed by atoms with Crippen LogP contribution in [-0.4, -0.2) is 16.3 Å². The van der Waals surface area contributed by atoms with Gasteiger partial charge in [0.05, 0.1) is 0 Å². The lowest BCUT2D eigenvalue weighted by Gasteiger charge is -2.17. The van der Waals surface area contributed by atoms with Crippen LogP contribution in [0.4, 0.5) is 5.82 Å². The molecule has 1 heterocycles. The molecule has 0 amide bonds. The molecule has 88 valence electrons. The Morgan fingerprint density at radius 2 is 2.19 bits per heavy atom. The number of Topliss-reactive ketones (excluding diaryl/α,β-unsaturated/α-hetero) is 1. The third-order valence-electron chi connectivity index (χ3n) is 2.36. The predicted molar refractivity (Wildman–Crippen MR) is 64.9 cm³/mol. The summed E-state index contributed by atoms with van der Waals surface area (Å²) in [5.41, 5.74) is 12.0. The number of nitrogen functional groups attached to an aromatic ring is 1. The van der Waals surface area contributed by atoms with E-state index in [2.05, 4.69) is 4.98 Å². The highest BCUT2D eigenvalue weighted by Crippen LogP contribution is 2.12. The van der Waals surface area contributed by atoms with E-state index in [0.717, 1.165) is 5.56 Å². The normalized spacial score (nSPS) is 11.4. The summed E-state index contributed by atoms with van der Waals surface area (Å²) in [7, 11) is 0. The lowest BCUT2D eigenvalue weighted by molar-refractivity contribution is -0.118. The van der Waals surface area contributed by atoms with E-state index in [1.54, 1.807) is 12.3 Å². The van der Waals surface area contributed by atoms with Crippen molar-refractivity contribution in [1.29, 1.82) is 0 Å². The molecule has 0 aliphatic rings. The summed E-state index contributed by atoms with van der Waals surface area (Å²) >= 11 is 0. The molecule has 0 fully saturated rings. The fraction of sp³-hybridized carbons (Fsp3) is 0.500. The zero-order valence-electron chi connectivity index (χ0n) is 9.86. The van der Waals surface area contributed by atoms with Crippen LogP contribution in [0.25, 0.3) is 0 Å². The van der Waals surface area contributed by atoms with Crippen LogP contribution in [0.3, 0.4) is 0 Å². The Morgan fingerprint density at radius 3 is 2.75 bits per heavy atom. The Bertz CT molecular complexity index is 369. The molecule has 0 spiro atoms. The Hall–Kier alpha value is -1.42. The number of aromatic nitrogens is 1. The van der Waals surface area contributed by atoms with Crippen LogP contribution in [0.1, 0.15) is 32.3 Å². The average Bonchev–Trinajstić information content (AvgIpc) is 2.18. The van der Waals surface area contributed by atoms with Gasteiger partial charge in [-0.25, -0.2) is 4.98 Å². The van der Waals surface area contributed by atoms with Crippen molar-refractivity contribution in [2.45, 2.75) is 38.6 Å². The first-order valence-electron chi connectivity index (χ1n) is 5.38. The summed E-state index contributed by atoms with van der Waals surface area (Å²) in [6.07, 6.45) is 3.13. The van der Waals surface area contributed by atoms with Gasteiger partial charge in [-0.3, -0.25) is 4.79 Å². The number of hydrogen-bond donors (Lipinski definition) is 2. The average molecular weight is 221 g/mol. The van der Waals surface area contributed by atoms with Gasteiger partial charge in [0.25, 0.3) is 0 Å². The molecular weight excluding hydrogens is 202 g/mol. The van der Waals surface area contributed by atoms with Gasteiger partial charge in [0.15, 0.2) is 0 Å². The Morgan fingerprint density at radius 1 is 1.50 bits per heavy atom. The van der Waals surface area contributed by atoms with E-state index in [1.807, 2.05) is 19.9 Å². The molecule has 0 saturated heterocycles. The van der Waals surface area contributed by atoms with Gasteiger partial charge in [-0.05, 0) is 26.3 Å². The quantitative estimate of drug-likeness (QED) is 0.785. The zero-order chi connectivity index (χ0) is 12.2. The van der Waals surface area contributed by atoms with Gasteiger partial charge in [0, 0.05) is 30.1 Å². The van der Waals surface area contributed by atoms with E-state index in [0.29, 0.717) is 25.1 Å². The monoisotopic (exact) mass is 221 g/mol. The van der Waals surface area contributed by atoms with Gasteiger partial charge in [-0.1, -0.05) is 6.07 Å². The molecule has 0 atom stereocenters. The van der Waals surface area contributed by atoms with Crippen LogP contribution in [0, 0.1) is 0 Å². The smallest absolute Gasteiger partial charge is 0.137 e. The Kier molecular flexibility index (Phi) is 4.01. The van der Waals surface area contributed by atoms with E-state index < -0.39 is 0 Å². The van der Waals surface area contributed by atoms with Crippen LogP contribution in [-0.2, 0) is 11.2 Å². The van der Waals surface area contributed by atoms with Gasteiger partial charge in [0.1, 0.15) is 11.6 Å². The maximum Gasteiger partial charge on any atom is 0.137 e. The van der Waals surface area contributed by atoms with Gasteiger partial charge in [-0.15, -0.1) is 0 Å². The van der Waals surface area contributed by atoms with Gasteiger partial charge >= 0.3 is 0 Å². The van der Waals surface area contributed by atoms with Gasteiger partial charge in [0.2, 0.25) is 0 Å². The third kappa shape index (κ3) is 4.40. The number of pyridine rings is 1. The first-order chi connectivity index (χ1) is 7.38. The number of carbonyl (C=O) groups excluding carboxylic acids is 1. The van der Waals surface area contributed by atoms with E-state index in [1.165, 1.54) is 0 Å². The molecule has 4 heteroatoms. The summed E-state index contributed by atoms with van der Waals surface area (Å²) in [6.45, 7) is 3.83. The molecule has 4 N–H and O–H groups in total. The van der Waals surface area contributed by atoms with Crippen molar-refractivity contribution < 1.29 is 4.79 Å². The maximum absolute atomic E-state index is 11.7. The predicted octanol–water partition coefficient (Wildman–Crippen LogP) is 1.29. The first-order valence-corrected chi connectivity index (χ1v) is 5.38. The molecule has 0 aromatic carbocycles. The number of nitrogens with zero attached hydrogens (tertiary/aromatic N) is 1. The highest BCUT2D eigenvalue weighted by Gasteiger charge is 2.14. The van der Waals surface area contributed by atoms with Crippen molar-refractivity contribution in [3.05, 3.63) is 23.9 Å². The van der Waals surface area contributed by atoms with Gasteiger partial charge < -0.3 is 11.5 Å². The molecule has 0 aliphatic carbocycles. The SMILES string of the molecule is CC(C)(N)CCC(=O)Cc1cccnc1N. The number of hydrogen-bond acceptors (Lipinski definition) is 4. The molecule has 1 aromatic heterocycles. The molecule has 0 bridgehead atoms. The number of carbonyl (C=O) groups is 1. The second-order valence-corrected chi connectivity index (χ2v) is 4.75. The largest absolute Gasteiger partial charge is 0.383 e. The Balaban J connectivity index is 2.50. The van der Waals surface area contributed by atoms with Crippen LogP contribution in [0.5, 0.6) is 0 Å². The molecule has 0 unspecified atom stereocenters. The summed E-state index contributed by atoms with van der Waals surface area (Å²) in [5.74, 6) is 0.584. The van der Waals surface area contributed by atoms with Crippen molar-refractivity contribution in [2.24, 2.45) is 5.73 Å². The Labute approximate surface area is 96.0 Å². The summed E-state index contributed by atoms with van der Waals surface area (Å²) < 4.78 is 0.